The molecule has 2 heterocycles. The van der Waals surface area contributed by atoms with Gasteiger partial charge >= 0.3 is 0 Å². The first kappa shape index (κ1) is 36.8. The number of fused-ring (bicyclic) bond motifs is 6. The molecule has 0 fully saturated rings. The maximum absolute atomic E-state index is 2.88. The van der Waals surface area contributed by atoms with Crippen LogP contribution in [0.15, 0.2) is 255 Å². The lowest BCUT2D eigenvalue weighted by Gasteiger charge is -2.35. The Balaban J connectivity index is 1.17. The van der Waals surface area contributed by atoms with Gasteiger partial charge in [0, 0.05) is 32.8 Å². The summed E-state index contributed by atoms with van der Waals surface area (Å²) in [6.07, 6.45) is 0. The van der Waals surface area contributed by atoms with Gasteiger partial charge in [-0.2, -0.15) is 0 Å². The average Bonchev–Trinajstić information content (AvgIpc) is 3.88. The fraction of sp³-hybridized carbons (Fsp3) is 0. The SMILES string of the molecule is c1ccc(-c2ccc3c(c2)c2ccc(-n4c5ccccc5c5c([Si](c6ccccc6)(c6ccccc6)c6ccccc6)cccc54)cc2n3-c2ccccc2-c2ccccc2)cc1. The molecule has 3 heteroatoms. The molecule has 0 aliphatic rings. The zero-order valence-corrected chi connectivity index (χ0v) is 35.6. The van der Waals surface area contributed by atoms with E-state index in [4.69, 9.17) is 0 Å². The van der Waals surface area contributed by atoms with Crippen molar-refractivity contribution in [2.45, 2.75) is 0 Å². The molecular weight excluding hydrogens is 777 g/mol. The van der Waals surface area contributed by atoms with Crippen molar-refractivity contribution < 1.29 is 0 Å². The zero-order valence-electron chi connectivity index (χ0n) is 34.6. The minimum absolute atomic E-state index is 1.13. The van der Waals surface area contributed by atoms with Crippen LogP contribution in [0.3, 0.4) is 0 Å². The number of para-hydroxylation sites is 2. The number of benzene rings is 10. The van der Waals surface area contributed by atoms with E-state index >= 15 is 0 Å². The maximum Gasteiger partial charge on any atom is 0.180 e. The predicted molar refractivity (Wildman–Crippen MR) is 270 cm³/mol. The van der Waals surface area contributed by atoms with Crippen LogP contribution in [0.4, 0.5) is 0 Å². The van der Waals surface area contributed by atoms with E-state index in [1.165, 1.54) is 86.6 Å². The lowest BCUT2D eigenvalue weighted by Crippen LogP contribution is -2.74. The van der Waals surface area contributed by atoms with Crippen molar-refractivity contribution in [2.75, 3.05) is 0 Å². The Hall–Kier alpha value is -7.98. The summed E-state index contributed by atoms with van der Waals surface area (Å²) in [5.74, 6) is 0. The molecule has 0 radical (unpaired) electrons. The Bertz CT molecular complexity index is 3500. The topological polar surface area (TPSA) is 9.86 Å². The molecule has 0 bridgehead atoms. The second kappa shape index (κ2) is 15.2. The molecule has 0 aliphatic carbocycles. The van der Waals surface area contributed by atoms with E-state index in [1.54, 1.807) is 0 Å². The Morgan fingerprint density at radius 3 is 1.49 bits per heavy atom. The van der Waals surface area contributed by atoms with E-state index in [9.17, 15) is 0 Å². The third-order valence-corrected chi connectivity index (χ3v) is 17.9. The van der Waals surface area contributed by atoms with Gasteiger partial charge in [-0.3, -0.25) is 0 Å². The molecule has 12 rings (SSSR count). The van der Waals surface area contributed by atoms with Crippen LogP contribution in [0.25, 0.3) is 77.2 Å². The molecule has 0 N–H and O–H groups in total. The Morgan fingerprint density at radius 2 is 0.825 bits per heavy atom. The molecule has 63 heavy (non-hydrogen) atoms. The van der Waals surface area contributed by atoms with Gasteiger partial charge in [-0.15, -0.1) is 0 Å². The van der Waals surface area contributed by atoms with Crippen LogP contribution in [0.5, 0.6) is 0 Å². The van der Waals surface area contributed by atoms with Gasteiger partial charge in [-0.25, -0.2) is 0 Å². The summed E-state index contributed by atoms with van der Waals surface area (Å²) in [6.45, 7) is 0. The van der Waals surface area contributed by atoms with Gasteiger partial charge in [0.25, 0.3) is 0 Å². The molecule has 0 unspecified atom stereocenters. The molecule has 0 amide bonds. The first-order valence-corrected chi connectivity index (χ1v) is 23.8. The Morgan fingerprint density at radius 1 is 0.286 bits per heavy atom. The summed E-state index contributed by atoms with van der Waals surface area (Å²) >= 11 is 0. The summed E-state index contributed by atoms with van der Waals surface area (Å²) in [6, 6.07) is 94.3. The molecule has 2 aromatic heterocycles. The van der Waals surface area contributed by atoms with Crippen LogP contribution in [-0.4, -0.2) is 17.2 Å². The van der Waals surface area contributed by atoms with Gasteiger partial charge in [0.15, 0.2) is 8.07 Å². The van der Waals surface area contributed by atoms with Gasteiger partial charge in [0.1, 0.15) is 0 Å². The van der Waals surface area contributed by atoms with Crippen molar-refractivity contribution in [3.63, 3.8) is 0 Å². The van der Waals surface area contributed by atoms with Gasteiger partial charge in [-0.05, 0) is 79.9 Å². The van der Waals surface area contributed by atoms with Crippen LogP contribution in [-0.2, 0) is 0 Å². The standard InChI is InChI=1S/C60H42N2Si/c1-6-21-43(22-7-1)45-37-40-56-53(41-45)51-39-38-46(42-58(51)62(56)54-33-18-16-31-50(54)44-23-8-2-9-24-44)61-55-34-19-17-32-52(55)60-57(61)35-20-36-59(60)63(47-25-10-3-11-26-47,48-27-12-4-13-28-48)49-29-14-5-15-30-49/h1-42H. The minimum atomic E-state index is -2.88. The highest BCUT2D eigenvalue weighted by Gasteiger charge is 2.43. The van der Waals surface area contributed by atoms with Crippen LogP contribution >= 0.6 is 0 Å². The molecule has 0 aliphatic heterocycles. The molecule has 0 saturated heterocycles. The van der Waals surface area contributed by atoms with E-state index in [0.717, 1.165) is 11.4 Å². The number of rotatable bonds is 8. The highest BCUT2D eigenvalue weighted by atomic mass is 28.3. The second-order valence-corrected chi connectivity index (χ2v) is 20.2. The van der Waals surface area contributed by atoms with Gasteiger partial charge < -0.3 is 9.13 Å². The minimum Gasteiger partial charge on any atom is -0.309 e. The quantitative estimate of drug-likeness (QED) is 0.107. The van der Waals surface area contributed by atoms with Gasteiger partial charge in [0.2, 0.25) is 0 Å². The van der Waals surface area contributed by atoms with Gasteiger partial charge in [0.05, 0.1) is 27.8 Å². The predicted octanol–water partition coefficient (Wildman–Crippen LogP) is 12.6. The van der Waals surface area contributed by atoms with Crippen LogP contribution in [0.2, 0.25) is 0 Å². The first-order chi connectivity index (χ1) is 31.3. The smallest absolute Gasteiger partial charge is 0.180 e. The third kappa shape index (κ3) is 5.85. The molecule has 0 saturated carbocycles. The highest BCUT2D eigenvalue weighted by molar-refractivity contribution is 7.20. The van der Waals surface area contributed by atoms with Crippen molar-refractivity contribution >= 4 is 72.4 Å². The number of hydrogen-bond donors (Lipinski definition) is 0. The number of nitrogens with zero attached hydrogens (tertiary/aromatic N) is 2. The van der Waals surface area contributed by atoms with E-state index < -0.39 is 8.07 Å². The lowest BCUT2D eigenvalue weighted by molar-refractivity contribution is 1.16. The highest BCUT2D eigenvalue weighted by Crippen LogP contribution is 2.40. The summed E-state index contributed by atoms with van der Waals surface area (Å²) in [5.41, 5.74) is 11.8. The largest absolute Gasteiger partial charge is 0.309 e. The first-order valence-electron chi connectivity index (χ1n) is 21.8. The number of hydrogen-bond acceptors (Lipinski definition) is 0. The average molecular weight is 819 g/mol. The summed E-state index contributed by atoms with van der Waals surface area (Å²) in [4.78, 5) is 0. The molecular formula is C60H42N2Si. The zero-order chi connectivity index (χ0) is 41.7. The normalized spacial score (nSPS) is 11.8. The Labute approximate surface area is 368 Å². The van der Waals surface area contributed by atoms with Gasteiger partial charge in [-0.1, -0.05) is 212 Å². The summed E-state index contributed by atoms with van der Waals surface area (Å²) in [7, 11) is -2.88. The molecule has 12 aromatic rings. The second-order valence-electron chi connectivity index (χ2n) is 16.4. The lowest BCUT2D eigenvalue weighted by atomic mass is 10.0. The third-order valence-electron chi connectivity index (χ3n) is 13.1. The Kier molecular flexibility index (Phi) is 8.87. The van der Waals surface area contributed by atoms with E-state index in [1.807, 2.05) is 0 Å². The molecule has 10 aromatic carbocycles. The van der Waals surface area contributed by atoms with Crippen molar-refractivity contribution in [3.05, 3.63) is 255 Å². The fourth-order valence-corrected chi connectivity index (χ4v) is 15.4. The van der Waals surface area contributed by atoms with E-state index in [0.29, 0.717) is 0 Å². The van der Waals surface area contributed by atoms with Crippen molar-refractivity contribution in [1.29, 1.82) is 0 Å². The van der Waals surface area contributed by atoms with Crippen LogP contribution in [0, 0.1) is 0 Å². The van der Waals surface area contributed by atoms with E-state index in [-0.39, 0.29) is 0 Å². The van der Waals surface area contributed by atoms with Crippen LogP contribution < -0.4 is 20.7 Å². The molecule has 296 valence electrons. The fourth-order valence-electron chi connectivity index (χ4n) is 10.4. The summed E-state index contributed by atoms with van der Waals surface area (Å²) < 4.78 is 5.00. The number of aromatic nitrogens is 2. The van der Waals surface area contributed by atoms with Crippen molar-refractivity contribution in [3.8, 4) is 33.6 Å². The monoisotopic (exact) mass is 818 g/mol. The van der Waals surface area contributed by atoms with Crippen LogP contribution in [0.1, 0.15) is 0 Å². The molecule has 0 spiro atoms. The summed E-state index contributed by atoms with van der Waals surface area (Å²) in [5, 5.41) is 10.5. The van der Waals surface area contributed by atoms with E-state index in [2.05, 4.69) is 264 Å². The van der Waals surface area contributed by atoms with Crippen molar-refractivity contribution in [2.24, 2.45) is 0 Å². The van der Waals surface area contributed by atoms with Crippen molar-refractivity contribution in [1.82, 2.24) is 9.13 Å². The molecule has 0 atom stereocenters. The molecule has 2 nitrogen and oxygen atoms in total. The maximum atomic E-state index is 2.51.